The molecule has 1 aliphatic heterocycles. The minimum Gasteiger partial charge on any atom is -0.314 e. The van der Waals surface area contributed by atoms with Crippen LogP contribution in [-0.2, 0) is 0 Å². The Kier molecular flexibility index (Phi) is 6.44. The minimum atomic E-state index is 0. The van der Waals surface area contributed by atoms with Crippen molar-refractivity contribution in [3.8, 4) is 0 Å². The summed E-state index contributed by atoms with van der Waals surface area (Å²) in [5.41, 5.74) is 0. The summed E-state index contributed by atoms with van der Waals surface area (Å²) >= 11 is 0. The zero-order valence-corrected chi connectivity index (χ0v) is 8.73. The van der Waals surface area contributed by atoms with Crippen LogP contribution in [0.3, 0.4) is 0 Å². The van der Waals surface area contributed by atoms with Gasteiger partial charge in [0.15, 0.2) is 0 Å². The van der Waals surface area contributed by atoms with E-state index in [0.717, 1.165) is 19.6 Å². The second-order valence-corrected chi connectivity index (χ2v) is 3.12. The van der Waals surface area contributed by atoms with Crippen LogP contribution in [0.4, 0.5) is 0 Å². The highest BCUT2D eigenvalue weighted by Crippen LogP contribution is 2.01. The minimum absolute atomic E-state index is 0. The van der Waals surface area contributed by atoms with E-state index >= 15 is 0 Å². The van der Waals surface area contributed by atoms with Gasteiger partial charge in [0.1, 0.15) is 0 Å². The largest absolute Gasteiger partial charge is 0.314 e. The molecule has 0 radical (unpaired) electrons. The van der Waals surface area contributed by atoms with E-state index in [0.29, 0.717) is 6.04 Å². The zero-order chi connectivity index (χ0) is 8.10. The maximum Gasteiger partial charge on any atom is 0.0196 e. The number of nitrogens with zero attached hydrogens (tertiary/aromatic N) is 1. The van der Waals surface area contributed by atoms with Gasteiger partial charge in [-0.15, -0.1) is 12.4 Å². The van der Waals surface area contributed by atoms with Crippen molar-refractivity contribution in [3.63, 3.8) is 0 Å². The molecule has 1 saturated heterocycles. The molecule has 2 nitrogen and oxygen atoms in total. The van der Waals surface area contributed by atoms with Gasteiger partial charge in [-0.1, -0.05) is 12.2 Å². The Balaban J connectivity index is 0.00000121. The number of hydrogen-bond donors (Lipinski definition) is 1. The van der Waals surface area contributed by atoms with Crippen molar-refractivity contribution in [2.45, 2.75) is 19.9 Å². The van der Waals surface area contributed by atoms with Gasteiger partial charge in [0.05, 0.1) is 0 Å². The van der Waals surface area contributed by atoms with Crippen molar-refractivity contribution < 1.29 is 0 Å². The monoisotopic (exact) mass is 190 g/mol. The van der Waals surface area contributed by atoms with Crippen LogP contribution in [0.2, 0.25) is 0 Å². The highest BCUT2D eigenvalue weighted by molar-refractivity contribution is 5.85. The van der Waals surface area contributed by atoms with E-state index in [4.69, 9.17) is 0 Å². The summed E-state index contributed by atoms with van der Waals surface area (Å²) in [5.74, 6) is 0. The van der Waals surface area contributed by atoms with Crippen LogP contribution in [0, 0.1) is 0 Å². The highest BCUT2D eigenvalue weighted by Gasteiger charge is 2.15. The molecule has 0 unspecified atom stereocenters. The molecule has 0 spiro atoms. The Labute approximate surface area is 81.4 Å². The molecule has 0 aromatic carbocycles. The van der Waals surface area contributed by atoms with E-state index in [1.165, 1.54) is 6.54 Å². The van der Waals surface area contributed by atoms with Crippen LogP contribution < -0.4 is 5.32 Å². The van der Waals surface area contributed by atoms with Gasteiger partial charge < -0.3 is 5.32 Å². The number of rotatable bonds is 2. The molecule has 72 valence electrons. The summed E-state index contributed by atoms with van der Waals surface area (Å²) in [6, 6.07) is 0.694. The molecule has 1 atom stereocenters. The van der Waals surface area contributed by atoms with Gasteiger partial charge in [0, 0.05) is 32.2 Å². The van der Waals surface area contributed by atoms with Crippen molar-refractivity contribution in [3.05, 3.63) is 12.2 Å². The van der Waals surface area contributed by atoms with Crippen LogP contribution in [0.25, 0.3) is 0 Å². The van der Waals surface area contributed by atoms with Gasteiger partial charge in [-0.25, -0.2) is 0 Å². The first kappa shape index (κ1) is 11.9. The van der Waals surface area contributed by atoms with Crippen molar-refractivity contribution in [1.29, 1.82) is 0 Å². The molecular weight excluding hydrogens is 172 g/mol. The topological polar surface area (TPSA) is 15.3 Å². The van der Waals surface area contributed by atoms with E-state index in [1.807, 2.05) is 0 Å². The first-order chi connectivity index (χ1) is 5.34. The number of hydrogen-bond acceptors (Lipinski definition) is 2. The molecule has 12 heavy (non-hydrogen) atoms. The van der Waals surface area contributed by atoms with Crippen molar-refractivity contribution in [2.75, 3.05) is 26.2 Å². The average molecular weight is 191 g/mol. The average Bonchev–Trinajstić information content (AvgIpc) is 2.03. The van der Waals surface area contributed by atoms with E-state index in [1.54, 1.807) is 0 Å². The maximum absolute atomic E-state index is 3.38. The molecule has 1 rings (SSSR count). The molecule has 0 aromatic rings. The summed E-state index contributed by atoms with van der Waals surface area (Å²) in [4.78, 5) is 2.50. The predicted molar refractivity (Wildman–Crippen MR) is 56.0 cm³/mol. The second kappa shape index (κ2) is 6.46. The standard InChI is InChI=1S/C9H18N2.ClH/c1-3-4-6-11-7-5-10-8-9(11)2;/h3-4,9-10H,5-8H2,1-2H3;1H/t9-;/m0./s1. The zero-order valence-electron chi connectivity index (χ0n) is 7.92. The van der Waals surface area contributed by atoms with Crippen LogP contribution in [0.5, 0.6) is 0 Å². The normalized spacial score (nSPS) is 25.7. The van der Waals surface area contributed by atoms with Crippen molar-refractivity contribution >= 4 is 12.4 Å². The lowest BCUT2D eigenvalue weighted by Crippen LogP contribution is -2.49. The lowest BCUT2D eigenvalue weighted by molar-refractivity contribution is 0.192. The van der Waals surface area contributed by atoms with Gasteiger partial charge in [0.25, 0.3) is 0 Å². The van der Waals surface area contributed by atoms with Crippen molar-refractivity contribution in [1.82, 2.24) is 10.2 Å². The van der Waals surface area contributed by atoms with E-state index < -0.39 is 0 Å². The number of nitrogens with one attached hydrogen (secondary N) is 1. The molecule has 1 N–H and O–H groups in total. The van der Waals surface area contributed by atoms with Crippen LogP contribution in [0.15, 0.2) is 12.2 Å². The Morgan fingerprint density at radius 1 is 1.58 bits per heavy atom. The van der Waals surface area contributed by atoms with Gasteiger partial charge in [-0.3, -0.25) is 4.90 Å². The summed E-state index contributed by atoms with van der Waals surface area (Å²) in [7, 11) is 0. The summed E-state index contributed by atoms with van der Waals surface area (Å²) < 4.78 is 0. The molecule has 0 aromatic heterocycles. The van der Waals surface area contributed by atoms with Gasteiger partial charge in [-0.2, -0.15) is 0 Å². The molecule has 0 bridgehead atoms. The number of halogens is 1. The first-order valence-corrected chi connectivity index (χ1v) is 4.40. The molecule has 1 fully saturated rings. The Bertz CT molecular complexity index is 136. The number of allylic oxidation sites excluding steroid dienone is 1. The fourth-order valence-electron chi connectivity index (χ4n) is 1.40. The van der Waals surface area contributed by atoms with Crippen LogP contribution >= 0.6 is 12.4 Å². The molecule has 0 saturated carbocycles. The fraction of sp³-hybridized carbons (Fsp3) is 0.778. The van der Waals surface area contributed by atoms with Gasteiger partial charge in [0.2, 0.25) is 0 Å². The third-order valence-electron chi connectivity index (χ3n) is 2.21. The second-order valence-electron chi connectivity index (χ2n) is 3.12. The lowest BCUT2D eigenvalue weighted by atomic mass is 10.2. The quantitative estimate of drug-likeness (QED) is 0.661. The third kappa shape index (κ3) is 3.57. The summed E-state index contributed by atoms with van der Waals surface area (Å²) in [5, 5.41) is 3.38. The molecule has 0 amide bonds. The Morgan fingerprint density at radius 2 is 2.33 bits per heavy atom. The maximum atomic E-state index is 3.38. The third-order valence-corrected chi connectivity index (χ3v) is 2.21. The molecule has 0 aliphatic carbocycles. The van der Waals surface area contributed by atoms with E-state index in [9.17, 15) is 0 Å². The van der Waals surface area contributed by atoms with E-state index in [-0.39, 0.29) is 12.4 Å². The lowest BCUT2D eigenvalue weighted by Gasteiger charge is -2.32. The van der Waals surface area contributed by atoms with Crippen LogP contribution in [0.1, 0.15) is 13.8 Å². The highest BCUT2D eigenvalue weighted by atomic mass is 35.5. The predicted octanol–water partition coefficient (Wildman–Crippen LogP) is 1.28. The molecule has 1 aliphatic rings. The summed E-state index contributed by atoms with van der Waals surface area (Å²) in [6.07, 6.45) is 4.34. The first-order valence-electron chi connectivity index (χ1n) is 4.40. The SMILES string of the molecule is CC=CCN1CCNC[C@@H]1C.Cl. The Morgan fingerprint density at radius 3 is 2.92 bits per heavy atom. The smallest absolute Gasteiger partial charge is 0.0196 e. The van der Waals surface area contributed by atoms with Crippen molar-refractivity contribution in [2.24, 2.45) is 0 Å². The summed E-state index contributed by atoms with van der Waals surface area (Å²) in [6.45, 7) is 8.92. The molecule has 1 heterocycles. The van der Waals surface area contributed by atoms with Gasteiger partial charge in [-0.05, 0) is 13.8 Å². The number of piperazine rings is 1. The molecule has 3 heteroatoms. The molecular formula is C9H19ClN2. The Hall–Kier alpha value is -0.0500. The van der Waals surface area contributed by atoms with Gasteiger partial charge >= 0.3 is 0 Å². The fourth-order valence-corrected chi connectivity index (χ4v) is 1.40. The van der Waals surface area contributed by atoms with Crippen LogP contribution in [-0.4, -0.2) is 37.1 Å². The van der Waals surface area contributed by atoms with E-state index in [2.05, 4.69) is 36.2 Å².